The minimum absolute atomic E-state index is 0.0440. The van der Waals surface area contributed by atoms with Crippen molar-refractivity contribution in [2.24, 2.45) is 0 Å². The van der Waals surface area contributed by atoms with Gasteiger partial charge in [-0.3, -0.25) is 14.9 Å². The molecule has 0 spiro atoms. The van der Waals surface area contributed by atoms with Crippen molar-refractivity contribution < 1.29 is 32.4 Å². The van der Waals surface area contributed by atoms with Gasteiger partial charge in [0.05, 0.1) is 9.95 Å². The maximum atomic E-state index is 12.1. The van der Waals surface area contributed by atoms with Gasteiger partial charge in [-0.15, -0.1) is 13.2 Å². The summed E-state index contributed by atoms with van der Waals surface area (Å²) >= 11 is 5.89. The maximum Gasteiger partial charge on any atom is 0.573 e. The molecule has 0 saturated carbocycles. The molecule has 1 atom stereocenters. The van der Waals surface area contributed by atoms with Crippen molar-refractivity contribution in [3.8, 4) is 11.5 Å². The minimum atomic E-state index is -4.81. The predicted molar refractivity (Wildman–Crippen MR) is 90.0 cm³/mol. The SMILES string of the molecule is CC(Oc1ccc([N+](=O)[O-])cc1Cl)C(=O)Nc1ccc(OC(F)(F)F)cc1. The quantitative estimate of drug-likeness (QED) is 0.563. The van der Waals surface area contributed by atoms with Crippen LogP contribution >= 0.6 is 11.6 Å². The molecule has 0 heterocycles. The van der Waals surface area contributed by atoms with Gasteiger partial charge in [0.25, 0.3) is 11.6 Å². The van der Waals surface area contributed by atoms with Gasteiger partial charge < -0.3 is 14.8 Å². The van der Waals surface area contributed by atoms with Crippen LogP contribution in [-0.2, 0) is 4.79 Å². The highest BCUT2D eigenvalue weighted by molar-refractivity contribution is 6.32. The number of nitro groups is 1. The lowest BCUT2D eigenvalue weighted by molar-refractivity contribution is -0.384. The highest BCUT2D eigenvalue weighted by Crippen LogP contribution is 2.29. The molecule has 0 aliphatic rings. The monoisotopic (exact) mass is 404 g/mol. The summed E-state index contributed by atoms with van der Waals surface area (Å²) < 4.78 is 45.4. The first-order valence-electron chi connectivity index (χ1n) is 7.32. The van der Waals surface area contributed by atoms with Crippen LogP contribution in [-0.4, -0.2) is 23.3 Å². The van der Waals surface area contributed by atoms with Crippen LogP contribution in [0.25, 0.3) is 0 Å². The molecule has 11 heteroatoms. The van der Waals surface area contributed by atoms with Gasteiger partial charge in [-0.05, 0) is 37.3 Å². The van der Waals surface area contributed by atoms with E-state index in [0.29, 0.717) is 0 Å². The Morgan fingerprint density at radius 1 is 1.22 bits per heavy atom. The first kappa shape index (κ1) is 20.3. The first-order valence-corrected chi connectivity index (χ1v) is 7.70. The van der Waals surface area contributed by atoms with E-state index in [2.05, 4.69) is 10.1 Å². The van der Waals surface area contributed by atoms with E-state index in [4.69, 9.17) is 16.3 Å². The average molecular weight is 405 g/mol. The van der Waals surface area contributed by atoms with Crippen molar-refractivity contribution in [1.29, 1.82) is 0 Å². The number of nitrogens with one attached hydrogen (secondary N) is 1. The predicted octanol–water partition coefficient (Wildman–Crippen LogP) is 4.55. The summed E-state index contributed by atoms with van der Waals surface area (Å²) in [5.41, 5.74) is -0.00890. The molecule has 0 radical (unpaired) electrons. The number of rotatable bonds is 6. The first-order chi connectivity index (χ1) is 12.5. The number of amides is 1. The van der Waals surface area contributed by atoms with Crippen molar-refractivity contribution in [3.63, 3.8) is 0 Å². The van der Waals surface area contributed by atoms with Gasteiger partial charge in [0.15, 0.2) is 6.10 Å². The number of ether oxygens (including phenoxy) is 2. The number of carbonyl (C=O) groups is 1. The van der Waals surface area contributed by atoms with E-state index < -0.39 is 29.0 Å². The van der Waals surface area contributed by atoms with Gasteiger partial charge in [-0.1, -0.05) is 11.6 Å². The van der Waals surface area contributed by atoms with Crippen LogP contribution in [0.4, 0.5) is 24.5 Å². The second kappa shape index (κ2) is 8.12. The molecule has 0 bridgehead atoms. The Hall–Kier alpha value is -3.01. The number of anilines is 1. The van der Waals surface area contributed by atoms with E-state index in [1.165, 1.54) is 31.2 Å². The number of alkyl halides is 3. The van der Waals surface area contributed by atoms with Crippen molar-refractivity contribution >= 4 is 28.9 Å². The van der Waals surface area contributed by atoms with E-state index >= 15 is 0 Å². The zero-order valence-corrected chi connectivity index (χ0v) is 14.4. The average Bonchev–Trinajstić information content (AvgIpc) is 2.56. The fraction of sp³-hybridized carbons (Fsp3) is 0.188. The molecule has 2 rings (SSSR count). The van der Waals surface area contributed by atoms with Crippen molar-refractivity contribution in [3.05, 3.63) is 57.6 Å². The Balaban J connectivity index is 1.98. The largest absolute Gasteiger partial charge is 0.573 e. The van der Waals surface area contributed by atoms with E-state index in [9.17, 15) is 28.1 Å². The minimum Gasteiger partial charge on any atom is -0.479 e. The number of non-ortho nitro benzene ring substituents is 1. The summed E-state index contributed by atoms with van der Waals surface area (Å²) in [5.74, 6) is -0.963. The smallest absolute Gasteiger partial charge is 0.479 e. The zero-order valence-electron chi connectivity index (χ0n) is 13.6. The molecule has 2 aromatic carbocycles. The van der Waals surface area contributed by atoms with Gasteiger partial charge in [0.1, 0.15) is 11.5 Å². The third-order valence-corrected chi connectivity index (χ3v) is 3.45. The summed E-state index contributed by atoms with van der Waals surface area (Å²) in [6, 6.07) is 8.05. The molecule has 0 aliphatic heterocycles. The number of carbonyl (C=O) groups excluding carboxylic acids is 1. The van der Waals surface area contributed by atoms with Crippen LogP contribution in [0.2, 0.25) is 5.02 Å². The summed E-state index contributed by atoms with van der Waals surface area (Å²) in [5, 5.41) is 13.1. The Kier molecular flexibility index (Phi) is 6.11. The van der Waals surface area contributed by atoms with Crippen LogP contribution < -0.4 is 14.8 Å². The molecule has 2 aromatic rings. The van der Waals surface area contributed by atoms with Crippen LogP contribution in [0, 0.1) is 10.1 Å². The standard InChI is InChI=1S/C16H12ClF3N2O5/c1-9(26-14-7-4-11(22(24)25)8-13(14)17)15(23)21-10-2-5-12(6-3-10)27-16(18,19)20/h2-9H,1H3,(H,21,23). The highest BCUT2D eigenvalue weighted by Gasteiger charge is 2.31. The van der Waals surface area contributed by atoms with E-state index in [1.807, 2.05) is 0 Å². The second-order valence-corrected chi connectivity index (χ2v) is 5.60. The van der Waals surface area contributed by atoms with Crippen LogP contribution in [0.3, 0.4) is 0 Å². The van der Waals surface area contributed by atoms with Crippen LogP contribution in [0.5, 0.6) is 11.5 Å². The summed E-state index contributed by atoms with van der Waals surface area (Å²) in [6.45, 7) is 1.41. The van der Waals surface area contributed by atoms with Gasteiger partial charge in [-0.2, -0.15) is 0 Å². The Morgan fingerprint density at radius 3 is 2.37 bits per heavy atom. The maximum absolute atomic E-state index is 12.1. The molecular weight excluding hydrogens is 393 g/mol. The van der Waals surface area contributed by atoms with Gasteiger partial charge in [-0.25, -0.2) is 0 Å². The van der Waals surface area contributed by atoms with E-state index in [-0.39, 0.29) is 22.1 Å². The van der Waals surface area contributed by atoms with Gasteiger partial charge >= 0.3 is 6.36 Å². The lowest BCUT2D eigenvalue weighted by Gasteiger charge is -2.16. The molecule has 0 aliphatic carbocycles. The van der Waals surface area contributed by atoms with E-state index in [1.54, 1.807) is 0 Å². The molecule has 0 aromatic heterocycles. The fourth-order valence-corrected chi connectivity index (χ4v) is 2.15. The lowest BCUT2D eigenvalue weighted by Crippen LogP contribution is -2.30. The number of halogens is 4. The molecule has 27 heavy (non-hydrogen) atoms. The Morgan fingerprint density at radius 2 is 1.85 bits per heavy atom. The second-order valence-electron chi connectivity index (χ2n) is 5.19. The molecule has 0 saturated heterocycles. The topological polar surface area (TPSA) is 90.7 Å². The van der Waals surface area contributed by atoms with Crippen molar-refractivity contribution in [2.45, 2.75) is 19.4 Å². The Labute approximate surface area is 155 Å². The molecule has 7 nitrogen and oxygen atoms in total. The molecule has 1 N–H and O–H groups in total. The zero-order chi connectivity index (χ0) is 20.2. The molecule has 144 valence electrons. The van der Waals surface area contributed by atoms with Crippen molar-refractivity contribution in [1.82, 2.24) is 0 Å². The van der Waals surface area contributed by atoms with Gasteiger partial charge in [0, 0.05) is 17.8 Å². The number of benzene rings is 2. The number of nitro benzene ring substituents is 1. The molecule has 1 unspecified atom stereocenters. The molecular formula is C16H12ClF3N2O5. The highest BCUT2D eigenvalue weighted by atomic mass is 35.5. The fourth-order valence-electron chi connectivity index (χ4n) is 1.93. The van der Waals surface area contributed by atoms with E-state index in [0.717, 1.165) is 18.2 Å². The van der Waals surface area contributed by atoms with Crippen molar-refractivity contribution in [2.75, 3.05) is 5.32 Å². The summed E-state index contributed by atoms with van der Waals surface area (Å²) in [6.07, 6.45) is -5.84. The third-order valence-electron chi connectivity index (χ3n) is 3.15. The number of hydrogen-bond acceptors (Lipinski definition) is 5. The Bertz CT molecular complexity index is 843. The number of hydrogen-bond donors (Lipinski definition) is 1. The summed E-state index contributed by atoms with van der Waals surface area (Å²) in [7, 11) is 0. The number of nitrogens with zero attached hydrogens (tertiary/aromatic N) is 1. The third kappa shape index (κ3) is 6.03. The molecule has 1 amide bonds. The van der Waals surface area contributed by atoms with Crippen LogP contribution in [0.15, 0.2) is 42.5 Å². The molecule has 0 fully saturated rings. The van der Waals surface area contributed by atoms with Crippen LogP contribution in [0.1, 0.15) is 6.92 Å². The van der Waals surface area contributed by atoms with Gasteiger partial charge in [0.2, 0.25) is 0 Å². The lowest BCUT2D eigenvalue weighted by atomic mass is 10.2. The normalized spacial score (nSPS) is 12.2. The summed E-state index contributed by atoms with van der Waals surface area (Å²) in [4.78, 5) is 22.2.